The number of rotatable bonds is 3. The molecule has 0 spiro atoms. The zero-order chi connectivity index (χ0) is 12.4. The van der Waals surface area contributed by atoms with Gasteiger partial charge in [0.05, 0.1) is 12.0 Å². The lowest BCUT2D eigenvalue weighted by Gasteiger charge is -2.09. The molecule has 1 aromatic carbocycles. The van der Waals surface area contributed by atoms with Gasteiger partial charge < -0.3 is 10.3 Å². The Labute approximate surface area is 95.7 Å². The summed E-state index contributed by atoms with van der Waals surface area (Å²) in [5.41, 5.74) is 5.95. The first kappa shape index (κ1) is 11.7. The number of benzene rings is 1. The maximum atomic E-state index is 13.5. The standard InChI is InChI=1S/C11H10F3N3/c12-8-3-10(14)11(4-9(8)13)17-6-16-5-7(17)1-2-15/h3-6H,1-2,15H2. The molecule has 2 aromatic rings. The molecule has 2 rings (SSSR count). The topological polar surface area (TPSA) is 43.8 Å². The van der Waals surface area contributed by atoms with Crippen molar-refractivity contribution in [3.8, 4) is 5.69 Å². The molecule has 1 heterocycles. The predicted molar refractivity (Wildman–Crippen MR) is 56.2 cm³/mol. The molecule has 0 radical (unpaired) electrons. The van der Waals surface area contributed by atoms with E-state index in [0.717, 1.165) is 6.07 Å². The molecule has 2 N–H and O–H groups in total. The van der Waals surface area contributed by atoms with Gasteiger partial charge in [-0.2, -0.15) is 0 Å². The summed E-state index contributed by atoms with van der Waals surface area (Å²) in [6, 6.07) is 1.31. The number of nitrogens with zero attached hydrogens (tertiary/aromatic N) is 2. The van der Waals surface area contributed by atoms with E-state index in [2.05, 4.69) is 4.98 Å². The SMILES string of the molecule is NCCc1cncn1-c1cc(F)c(F)cc1F. The normalized spacial score (nSPS) is 10.8. The van der Waals surface area contributed by atoms with Gasteiger partial charge >= 0.3 is 0 Å². The van der Waals surface area contributed by atoms with E-state index in [0.29, 0.717) is 24.7 Å². The molecule has 1 aromatic heterocycles. The molecule has 17 heavy (non-hydrogen) atoms. The van der Waals surface area contributed by atoms with Gasteiger partial charge in [-0.05, 0) is 6.54 Å². The van der Waals surface area contributed by atoms with Gasteiger partial charge in [0.25, 0.3) is 0 Å². The number of aromatic nitrogens is 2. The summed E-state index contributed by atoms with van der Waals surface area (Å²) >= 11 is 0. The van der Waals surface area contributed by atoms with E-state index in [1.807, 2.05) is 0 Å². The molecule has 90 valence electrons. The molecule has 0 amide bonds. The number of hydrogen-bond donors (Lipinski definition) is 1. The third kappa shape index (κ3) is 2.16. The lowest BCUT2D eigenvalue weighted by Crippen LogP contribution is -2.09. The van der Waals surface area contributed by atoms with Crippen molar-refractivity contribution in [1.29, 1.82) is 0 Å². The van der Waals surface area contributed by atoms with Crippen molar-refractivity contribution in [2.75, 3.05) is 6.54 Å². The van der Waals surface area contributed by atoms with E-state index >= 15 is 0 Å². The zero-order valence-corrected chi connectivity index (χ0v) is 8.83. The van der Waals surface area contributed by atoms with Crippen molar-refractivity contribution in [1.82, 2.24) is 9.55 Å². The Hall–Kier alpha value is -1.82. The van der Waals surface area contributed by atoms with E-state index in [1.165, 1.54) is 17.1 Å². The fourth-order valence-electron chi connectivity index (χ4n) is 1.57. The second kappa shape index (κ2) is 4.58. The predicted octanol–water partition coefficient (Wildman–Crippen LogP) is 1.79. The van der Waals surface area contributed by atoms with Crippen LogP contribution < -0.4 is 5.73 Å². The third-order valence-corrected chi connectivity index (χ3v) is 2.36. The molecule has 0 saturated heterocycles. The van der Waals surface area contributed by atoms with Gasteiger partial charge in [-0.1, -0.05) is 0 Å². The molecule has 0 fully saturated rings. The van der Waals surface area contributed by atoms with Crippen LogP contribution in [0.15, 0.2) is 24.7 Å². The first-order chi connectivity index (χ1) is 8.13. The van der Waals surface area contributed by atoms with Crippen LogP contribution in [0.25, 0.3) is 5.69 Å². The van der Waals surface area contributed by atoms with Crippen LogP contribution in [-0.4, -0.2) is 16.1 Å². The highest BCUT2D eigenvalue weighted by Crippen LogP contribution is 2.19. The van der Waals surface area contributed by atoms with Crippen molar-refractivity contribution in [2.45, 2.75) is 6.42 Å². The Balaban J connectivity index is 2.52. The van der Waals surface area contributed by atoms with E-state index in [-0.39, 0.29) is 5.69 Å². The summed E-state index contributed by atoms with van der Waals surface area (Å²) in [4.78, 5) is 3.83. The van der Waals surface area contributed by atoms with E-state index in [9.17, 15) is 13.2 Å². The van der Waals surface area contributed by atoms with Gasteiger partial charge in [0.15, 0.2) is 11.6 Å². The second-order valence-corrected chi connectivity index (χ2v) is 3.51. The molecule has 0 atom stereocenters. The van der Waals surface area contributed by atoms with Crippen LogP contribution in [-0.2, 0) is 6.42 Å². The van der Waals surface area contributed by atoms with Gasteiger partial charge in [-0.25, -0.2) is 18.2 Å². The Kier molecular flexibility index (Phi) is 3.14. The van der Waals surface area contributed by atoms with Crippen LogP contribution >= 0.6 is 0 Å². The van der Waals surface area contributed by atoms with E-state index in [1.54, 1.807) is 0 Å². The molecule has 0 aliphatic carbocycles. The maximum absolute atomic E-state index is 13.5. The average Bonchev–Trinajstić information content (AvgIpc) is 2.72. The zero-order valence-electron chi connectivity index (χ0n) is 8.83. The molecule has 0 bridgehead atoms. The lowest BCUT2D eigenvalue weighted by molar-refractivity contribution is 0.492. The molecule has 0 aliphatic heterocycles. The Morgan fingerprint density at radius 3 is 2.53 bits per heavy atom. The highest BCUT2D eigenvalue weighted by molar-refractivity contribution is 5.36. The van der Waals surface area contributed by atoms with Gasteiger partial charge in [-0.3, -0.25) is 0 Å². The quantitative estimate of drug-likeness (QED) is 0.832. The summed E-state index contributed by atoms with van der Waals surface area (Å²) in [6.45, 7) is 0.358. The molecular weight excluding hydrogens is 231 g/mol. The minimum absolute atomic E-state index is 0.0788. The van der Waals surface area contributed by atoms with Gasteiger partial charge in [0.1, 0.15) is 5.82 Å². The monoisotopic (exact) mass is 241 g/mol. The highest BCUT2D eigenvalue weighted by Gasteiger charge is 2.13. The number of nitrogens with two attached hydrogens (primary N) is 1. The smallest absolute Gasteiger partial charge is 0.161 e. The summed E-state index contributed by atoms with van der Waals surface area (Å²) in [5, 5.41) is 0. The average molecular weight is 241 g/mol. The Morgan fingerprint density at radius 1 is 1.12 bits per heavy atom. The largest absolute Gasteiger partial charge is 0.330 e. The molecular formula is C11H10F3N3. The fraction of sp³-hybridized carbons (Fsp3) is 0.182. The molecule has 0 aliphatic rings. The minimum atomic E-state index is -1.22. The fourth-order valence-corrected chi connectivity index (χ4v) is 1.57. The summed E-state index contributed by atoms with van der Waals surface area (Å²) in [6.07, 6.45) is 3.31. The van der Waals surface area contributed by atoms with Crippen LogP contribution in [0.3, 0.4) is 0 Å². The number of imidazole rings is 1. The summed E-state index contributed by atoms with van der Waals surface area (Å²) in [5.74, 6) is -3.17. The maximum Gasteiger partial charge on any atom is 0.161 e. The van der Waals surface area contributed by atoms with E-state index < -0.39 is 17.5 Å². The molecule has 6 heteroatoms. The van der Waals surface area contributed by atoms with Crippen molar-refractivity contribution >= 4 is 0 Å². The first-order valence-electron chi connectivity index (χ1n) is 4.99. The second-order valence-electron chi connectivity index (χ2n) is 3.51. The number of hydrogen-bond acceptors (Lipinski definition) is 2. The van der Waals surface area contributed by atoms with Crippen LogP contribution in [0.1, 0.15) is 5.69 Å². The number of halogens is 3. The molecule has 0 saturated carbocycles. The highest BCUT2D eigenvalue weighted by atomic mass is 19.2. The van der Waals surface area contributed by atoms with Crippen LogP contribution in [0, 0.1) is 17.5 Å². The first-order valence-corrected chi connectivity index (χ1v) is 4.99. The molecule has 0 unspecified atom stereocenters. The van der Waals surface area contributed by atoms with Gasteiger partial charge in [-0.15, -0.1) is 0 Å². The third-order valence-electron chi connectivity index (χ3n) is 2.36. The van der Waals surface area contributed by atoms with E-state index in [4.69, 9.17) is 5.73 Å². The summed E-state index contributed by atoms with van der Waals surface area (Å²) < 4.78 is 40.7. The van der Waals surface area contributed by atoms with Gasteiger partial charge in [0, 0.05) is 30.4 Å². The van der Waals surface area contributed by atoms with Crippen molar-refractivity contribution < 1.29 is 13.2 Å². The summed E-state index contributed by atoms with van der Waals surface area (Å²) in [7, 11) is 0. The van der Waals surface area contributed by atoms with Crippen LogP contribution in [0.5, 0.6) is 0 Å². The molecule has 3 nitrogen and oxygen atoms in total. The minimum Gasteiger partial charge on any atom is -0.330 e. The van der Waals surface area contributed by atoms with Crippen LogP contribution in [0.2, 0.25) is 0 Å². The van der Waals surface area contributed by atoms with Gasteiger partial charge in [0.2, 0.25) is 0 Å². The van der Waals surface area contributed by atoms with Crippen LogP contribution in [0.4, 0.5) is 13.2 Å². The van der Waals surface area contributed by atoms with Crippen molar-refractivity contribution in [2.24, 2.45) is 5.73 Å². The lowest BCUT2D eigenvalue weighted by atomic mass is 10.2. The Morgan fingerprint density at radius 2 is 1.82 bits per heavy atom. The van der Waals surface area contributed by atoms with Crippen molar-refractivity contribution in [3.63, 3.8) is 0 Å². The Bertz CT molecular complexity index is 537. The van der Waals surface area contributed by atoms with Crippen molar-refractivity contribution in [3.05, 3.63) is 47.8 Å².